The van der Waals surface area contributed by atoms with Gasteiger partial charge in [0.1, 0.15) is 5.75 Å². The van der Waals surface area contributed by atoms with E-state index in [-0.39, 0.29) is 11.2 Å². The Labute approximate surface area is 136 Å². The van der Waals surface area contributed by atoms with E-state index >= 15 is 0 Å². The van der Waals surface area contributed by atoms with E-state index in [2.05, 4.69) is 11.1 Å². The summed E-state index contributed by atoms with van der Waals surface area (Å²) < 4.78 is 5.19. The maximum atomic E-state index is 12.4. The maximum Gasteiger partial charge on any atom is 0.168 e. The molecule has 0 aliphatic carbocycles. The van der Waals surface area contributed by atoms with Crippen LogP contribution in [0.15, 0.2) is 48.5 Å². The molecule has 0 saturated carbocycles. The van der Waals surface area contributed by atoms with Crippen molar-refractivity contribution in [3.05, 3.63) is 54.1 Å². The highest BCUT2D eigenvalue weighted by atomic mass is 16.5. The molecule has 1 heterocycles. The van der Waals surface area contributed by atoms with Gasteiger partial charge in [-0.25, -0.2) is 0 Å². The molecular weight excluding hydrogens is 286 g/mol. The van der Waals surface area contributed by atoms with Gasteiger partial charge in [0.25, 0.3) is 0 Å². The molecule has 3 aromatic rings. The molecule has 0 aliphatic rings. The Kier molecular flexibility index (Phi) is 3.72. The van der Waals surface area contributed by atoms with E-state index in [1.54, 1.807) is 7.11 Å². The number of H-pyrrole nitrogens is 1. The van der Waals surface area contributed by atoms with Crippen LogP contribution in [-0.2, 0) is 0 Å². The summed E-state index contributed by atoms with van der Waals surface area (Å²) in [6, 6.07) is 15.8. The Morgan fingerprint density at radius 1 is 1.00 bits per heavy atom. The minimum atomic E-state index is -0.372. The van der Waals surface area contributed by atoms with Crippen LogP contribution < -0.4 is 4.74 Å². The van der Waals surface area contributed by atoms with Gasteiger partial charge in [0, 0.05) is 27.6 Å². The number of fused-ring (bicyclic) bond motifs is 1. The van der Waals surface area contributed by atoms with Crippen molar-refractivity contribution in [1.29, 1.82) is 0 Å². The van der Waals surface area contributed by atoms with Crippen molar-refractivity contribution in [3.8, 4) is 17.0 Å². The molecule has 1 aromatic heterocycles. The third kappa shape index (κ3) is 3.00. The van der Waals surface area contributed by atoms with Gasteiger partial charge in [-0.3, -0.25) is 4.79 Å². The zero-order chi connectivity index (χ0) is 16.6. The smallest absolute Gasteiger partial charge is 0.168 e. The van der Waals surface area contributed by atoms with E-state index in [4.69, 9.17) is 4.74 Å². The molecule has 1 N–H and O–H groups in total. The molecule has 0 amide bonds. The molecule has 0 bridgehead atoms. The number of nitrogens with one attached hydrogen (secondary N) is 1. The van der Waals surface area contributed by atoms with Gasteiger partial charge in [-0.2, -0.15) is 0 Å². The minimum Gasteiger partial charge on any atom is -0.497 e. The van der Waals surface area contributed by atoms with Crippen LogP contribution in [0.25, 0.3) is 22.2 Å². The van der Waals surface area contributed by atoms with Crippen LogP contribution in [-0.4, -0.2) is 17.9 Å². The van der Waals surface area contributed by atoms with Crippen LogP contribution in [0.5, 0.6) is 5.75 Å². The SMILES string of the molecule is COc1ccc(-c2cc3cc(C(=O)C(C)(C)C)ccc3[nH]2)cc1. The van der Waals surface area contributed by atoms with Gasteiger partial charge in [0.15, 0.2) is 5.78 Å². The number of hydrogen-bond acceptors (Lipinski definition) is 2. The summed E-state index contributed by atoms with van der Waals surface area (Å²) in [4.78, 5) is 15.8. The summed E-state index contributed by atoms with van der Waals surface area (Å²) in [5.74, 6) is 0.995. The zero-order valence-electron chi connectivity index (χ0n) is 13.9. The van der Waals surface area contributed by atoms with Crippen LogP contribution in [0, 0.1) is 5.41 Å². The molecule has 0 atom stereocenters. The molecule has 0 radical (unpaired) electrons. The molecular formula is C20H21NO2. The largest absolute Gasteiger partial charge is 0.497 e. The molecule has 3 heteroatoms. The molecule has 3 rings (SSSR count). The molecule has 0 unspecified atom stereocenters. The number of benzene rings is 2. The lowest BCUT2D eigenvalue weighted by Crippen LogP contribution is -2.19. The highest BCUT2D eigenvalue weighted by molar-refractivity contribution is 6.03. The van der Waals surface area contributed by atoms with Gasteiger partial charge in [0.05, 0.1) is 7.11 Å². The first-order valence-corrected chi connectivity index (χ1v) is 7.70. The fourth-order valence-corrected chi connectivity index (χ4v) is 2.63. The van der Waals surface area contributed by atoms with Crippen molar-refractivity contribution in [3.63, 3.8) is 0 Å². The molecule has 0 fully saturated rings. The Balaban J connectivity index is 2.00. The summed E-state index contributed by atoms with van der Waals surface area (Å²) in [6.07, 6.45) is 0. The lowest BCUT2D eigenvalue weighted by molar-refractivity contribution is 0.0858. The third-order valence-corrected chi connectivity index (χ3v) is 3.97. The number of aromatic nitrogens is 1. The fraction of sp³-hybridized carbons (Fsp3) is 0.250. The lowest BCUT2D eigenvalue weighted by Gasteiger charge is -2.16. The Hall–Kier alpha value is -2.55. The first kappa shape index (κ1) is 15.3. The predicted octanol–water partition coefficient (Wildman–Crippen LogP) is 5.07. The Morgan fingerprint density at radius 2 is 1.70 bits per heavy atom. The normalized spacial score (nSPS) is 11.7. The summed E-state index contributed by atoms with van der Waals surface area (Å²) in [5.41, 5.74) is 3.53. The number of methoxy groups -OCH3 is 1. The molecule has 0 saturated heterocycles. The molecule has 2 aromatic carbocycles. The number of hydrogen-bond donors (Lipinski definition) is 1. The summed E-state index contributed by atoms with van der Waals surface area (Å²) >= 11 is 0. The average Bonchev–Trinajstić information content (AvgIpc) is 2.96. The quantitative estimate of drug-likeness (QED) is 0.686. The van der Waals surface area contributed by atoms with Crippen LogP contribution in [0.2, 0.25) is 0 Å². The topological polar surface area (TPSA) is 42.1 Å². The van der Waals surface area contributed by atoms with Crippen molar-refractivity contribution >= 4 is 16.7 Å². The first-order chi connectivity index (χ1) is 10.9. The highest BCUT2D eigenvalue weighted by Gasteiger charge is 2.23. The van der Waals surface area contributed by atoms with Crippen LogP contribution in [0.3, 0.4) is 0 Å². The molecule has 0 aliphatic heterocycles. The Bertz CT molecular complexity index is 851. The summed E-state index contributed by atoms with van der Waals surface area (Å²) in [6.45, 7) is 5.83. The molecule has 118 valence electrons. The summed E-state index contributed by atoms with van der Waals surface area (Å²) in [7, 11) is 1.66. The van der Waals surface area contributed by atoms with Crippen LogP contribution in [0.4, 0.5) is 0 Å². The lowest BCUT2D eigenvalue weighted by atomic mass is 9.86. The van der Waals surface area contributed by atoms with E-state index < -0.39 is 0 Å². The van der Waals surface area contributed by atoms with E-state index in [1.165, 1.54) is 0 Å². The second-order valence-electron chi connectivity index (χ2n) is 6.79. The fourth-order valence-electron chi connectivity index (χ4n) is 2.63. The first-order valence-electron chi connectivity index (χ1n) is 7.70. The van der Waals surface area contributed by atoms with Gasteiger partial charge in [-0.1, -0.05) is 20.8 Å². The minimum absolute atomic E-state index is 0.159. The number of rotatable bonds is 3. The summed E-state index contributed by atoms with van der Waals surface area (Å²) in [5, 5.41) is 1.05. The predicted molar refractivity (Wildman–Crippen MR) is 94.1 cm³/mol. The number of ketones is 1. The van der Waals surface area contributed by atoms with Gasteiger partial charge in [0.2, 0.25) is 0 Å². The second kappa shape index (κ2) is 5.58. The van der Waals surface area contributed by atoms with Gasteiger partial charge < -0.3 is 9.72 Å². The van der Waals surface area contributed by atoms with Crippen molar-refractivity contribution in [1.82, 2.24) is 4.98 Å². The van der Waals surface area contributed by atoms with Gasteiger partial charge >= 0.3 is 0 Å². The van der Waals surface area contributed by atoms with Crippen molar-refractivity contribution in [2.45, 2.75) is 20.8 Å². The van der Waals surface area contributed by atoms with Crippen molar-refractivity contribution in [2.24, 2.45) is 5.41 Å². The number of carbonyl (C=O) groups excluding carboxylic acids is 1. The van der Waals surface area contributed by atoms with E-state index in [0.29, 0.717) is 0 Å². The van der Waals surface area contributed by atoms with Crippen LogP contribution >= 0.6 is 0 Å². The van der Waals surface area contributed by atoms with E-state index in [1.807, 2.05) is 63.2 Å². The van der Waals surface area contributed by atoms with E-state index in [0.717, 1.165) is 33.5 Å². The van der Waals surface area contributed by atoms with Gasteiger partial charge in [-0.15, -0.1) is 0 Å². The van der Waals surface area contributed by atoms with Crippen molar-refractivity contribution < 1.29 is 9.53 Å². The molecule has 0 spiro atoms. The number of aromatic amines is 1. The number of ether oxygens (including phenoxy) is 1. The monoisotopic (exact) mass is 307 g/mol. The molecule has 3 nitrogen and oxygen atoms in total. The number of carbonyl (C=O) groups is 1. The maximum absolute atomic E-state index is 12.4. The number of Topliss-reactive ketones (excluding diaryl/α,β-unsaturated/α-hetero) is 1. The highest BCUT2D eigenvalue weighted by Crippen LogP contribution is 2.28. The van der Waals surface area contributed by atoms with Crippen molar-refractivity contribution in [2.75, 3.05) is 7.11 Å². The van der Waals surface area contributed by atoms with Gasteiger partial charge in [-0.05, 0) is 54.1 Å². The third-order valence-electron chi connectivity index (χ3n) is 3.97. The van der Waals surface area contributed by atoms with Crippen LogP contribution in [0.1, 0.15) is 31.1 Å². The molecule has 23 heavy (non-hydrogen) atoms. The second-order valence-corrected chi connectivity index (χ2v) is 6.79. The van der Waals surface area contributed by atoms with E-state index in [9.17, 15) is 4.79 Å². The Morgan fingerprint density at radius 3 is 2.30 bits per heavy atom. The standard InChI is InChI=1S/C20H21NO2/c1-20(2,3)19(22)14-7-10-17-15(11-14)12-18(21-17)13-5-8-16(23-4)9-6-13/h5-12,21H,1-4H3. The average molecular weight is 307 g/mol. The zero-order valence-corrected chi connectivity index (χ0v) is 13.9.